The number of rotatable bonds is 4. The van der Waals surface area contributed by atoms with E-state index in [-0.39, 0.29) is 0 Å². The molecule has 0 aromatic heterocycles. The molecular formula is C9H17NO. The first-order chi connectivity index (χ1) is 5.43. The van der Waals surface area contributed by atoms with Gasteiger partial charge in [-0.1, -0.05) is 0 Å². The summed E-state index contributed by atoms with van der Waals surface area (Å²) in [6, 6.07) is 0.565. The van der Waals surface area contributed by atoms with Crippen LogP contribution in [0.2, 0.25) is 0 Å². The van der Waals surface area contributed by atoms with E-state index in [2.05, 4.69) is 4.99 Å². The minimum Gasteiger partial charge on any atom is -0.396 e. The number of hydrogen-bond acceptors (Lipinski definition) is 2. The van der Waals surface area contributed by atoms with Gasteiger partial charge in [0.25, 0.3) is 0 Å². The average Bonchev–Trinajstić information content (AvgIpc) is 2.07. The van der Waals surface area contributed by atoms with E-state index in [1.165, 1.54) is 12.8 Å². The lowest BCUT2D eigenvalue weighted by molar-refractivity contribution is 0.280. The van der Waals surface area contributed by atoms with Gasteiger partial charge in [-0.25, -0.2) is 0 Å². The largest absolute Gasteiger partial charge is 0.396 e. The molecule has 1 aliphatic rings. The van der Waals surface area contributed by atoms with Gasteiger partial charge in [-0.2, -0.15) is 0 Å². The third-order valence-corrected chi connectivity index (χ3v) is 2.13. The fourth-order valence-corrected chi connectivity index (χ4v) is 1.45. The van der Waals surface area contributed by atoms with Crippen molar-refractivity contribution in [1.82, 2.24) is 0 Å². The van der Waals surface area contributed by atoms with Gasteiger partial charge in [0.2, 0.25) is 0 Å². The minimum absolute atomic E-state index is 0.330. The summed E-state index contributed by atoms with van der Waals surface area (Å²) >= 11 is 0. The Morgan fingerprint density at radius 1 is 1.45 bits per heavy atom. The van der Waals surface area contributed by atoms with Crippen molar-refractivity contribution >= 4 is 6.21 Å². The molecule has 0 bridgehead atoms. The van der Waals surface area contributed by atoms with E-state index < -0.39 is 0 Å². The molecule has 0 saturated heterocycles. The van der Waals surface area contributed by atoms with Crippen molar-refractivity contribution < 1.29 is 5.11 Å². The van der Waals surface area contributed by atoms with Gasteiger partial charge in [-0.15, -0.1) is 0 Å². The normalized spacial score (nSPS) is 23.9. The van der Waals surface area contributed by atoms with E-state index in [9.17, 15) is 0 Å². The number of hydrogen-bond donors (Lipinski definition) is 1. The fraction of sp³-hybridized carbons (Fsp3) is 0.889. The summed E-state index contributed by atoms with van der Waals surface area (Å²) in [5.41, 5.74) is 0. The van der Waals surface area contributed by atoms with Crippen molar-refractivity contribution in [3.05, 3.63) is 0 Å². The van der Waals surface area contributed by atoms with Crippen LogP contribution in [0.4, 0.5) is 0 Å². The lowest BCUT2D eigenvalue weighted by Gasteiger charge is -2.14. The van der Waals surface area contributed by atoms with Crippen LogP contribution in [0.15, 0.2) is 4.99 Å². The molecule has 11 heavy (non-hydrogen) atoms. The molecule has 1 aliphatic heterocycles. The number of unbranched alkanes of at least 4 members (excludes halogenated alkanes) is 1. The molecule has 0 fully saturated rings. The second-order valence-corrected chi connectivity index (χ2v) is 3.14. The van der Waals surface area contributed by atoms with Gasteiger partial charge in [0, 0.05) is 12.6 Å². The Morgan fingerprint density at radius 2 is 2.36 bits per heavy atom. The van der Waals surface area contributed by atoms with Crippen LogP contribution in [0.1, 0.15) is 38.5 Å². The Hall–Kier alpha value is -0.370. The van der Waals surface area contributed by atoms with Crippen molar-refractivity contribution in [2.45, 2.75) is 44.6 Å². The Bertz CT molecular complexity index is 123. The van der Waals surface area contributed by atoms with Gasteiger partial charge in [-0.05, 0) is 44.7 Å². The Labute approximate surface area is 68.3 Å². The fourth-order valence-electron chi connectivity index (χ4n) is 1.45. The summed E-state index contributed by atoms with van der Waals surface area (Å²) in [5, 5.41) is 8.56. The Kier molecular flexibility index (Phi) is 4.21. The summed E-state index contributed by atoms with van der Waals surface area (Å²) in [5.74, 6) is 0. The monoisotopic (exact) mass is 155 g/mol. The third kappa shape index (κ3) is 3.51. The Balaban J connectivity index is 2.05. The van der Waals surface area contributed by atoms with Gasteiger partial charge in [0.1, 0.15) is 0 Å². The highest BCUT2D eigenvalue weighted by atomic mass is 16.2. The molecule has 1 unspecified atom stereocenters. The predicted octanol–water partition coefficient (Wildman–Crippen LogP) is 1.77. The molecule has 0 radical (unpaired) electrons. The topological polar surface area (TPSA) is 32.6 Å². The molecule has 0 aromatic carbocycles. The highest BCUT2D eigenvalue weighted by Gasteiger charge is 2.07. The number of aliphatic hydroxyl groups excluding tert-OH is 1. The molecule has 0 amide bonds. The van der Waals surface area contributed by atoms with Crippen molar-refractivity contribution in [3.8, 4) is 0 Å². The van der Waals surface area contributed by atoms with E-state index in [4.69, 9.17) is 5.11 Å². The third-order valence-electron chi connectivity index (χ3n) is 2.13. The van der Waals surface area contributed by atoms with Crippen LogP contribution in [0, 0.1) is 0 Å². The predicted molar refractivity (Wildman–Crippen MR) is 47.1 cm³/mol. The first-order valence-electron chi connectivity index (χ1n) is 4.56. The van der Waals surface area contributed by atoms with Gasteiger partial charge < -0.3 is 5.11 Å². The van der Waals surface area contributed by atoms with Crippen molar-refractivity contribution in [2.75, 3.05) is 6.61 Å². The van der Waals surface area contributed by atoms with Gasteiger partial charge in [-0.3, -0.25) is 4.99 Å². The van der Waals surface area contributed by atoms with Crippen LogP contribution >= 0.6 is 0 Å². The van der Waals surface area contributed by atoms with Crippen LogP contribution in [-0.4, -0.2) is 24.0 Å². The summed E-state index contributed by atoms with van der Waals surface area (Å²) in [6.07, 6.45) is 8.99. The molecule has 0 aromatic rings. The van der Waals surface area contributed by atoms with Gasteiger partial charge in [0.05, 0.1) is 0 Å². The lowest BCUT2D eigenvalue weighted by atomic mass is 10.0. The SMILES string of the molecule is OCCCCC1CCCC=N1. The zero-order chi connectivity index (χ0) is 7.94. The molecule has 1 atom stereocenters. The van der Waals surface area contributed by atoms with E-state index in [1.807, 2.05) is 6.21 Å². The van der Waals surface area contributed by atoms with E-state index in [0.29, 0.717) is 12.6 Å². The second kappa shape index (κ2) is 5.30. The molecule has 2 heteroatoms. The van der Waals surface area contributed by atoms with Crippen molar-refractivity contribution in [3.63, 3.8) is 0 Å². The first-order valence-corrected chi connectivity index (χ1v) is 4.56. The number of aliphatic imine (C=N–C) groups is 1. The van der Waals surface area contributed by atoms with E-state index in [1.54, 1.807) is 0 Å². The molecule has 1 heterocycles. The summed E-state index contributed by atoms with van der Waals surface area (Å²) in [7, 11) is 0. The summed E-state index contributed by atoms with van der Waals surface area (Å²) in [4.78, 5) is 4.39. The van der Waals surface area contributed by atoms with Crippen LogP contribution < -0.4 is 0 Å². The highest BCUT2D eigenvalue weighted by Crippen LogP contribution is 2.14. The second-order valence-electron chi connectivity index (χ2n) is 3.14. The molecule has 64 valence electrons. The molecule has 2 nitrogen and oxygen atoms in total. The quantitative estimate of drug-likeness (QED) is 0.617. The summed E-state index contributed by atoms with van der Waals surface area (Å²) < 4.78 is 0. The van der Waals surface area contributed by atoms with Crippen LogP contribution in [-0.2, 0) is 0 Å². The summed E-state index contributed by atoms with van der Waals surface area (Å²) in [6.45, 7) is 0.330. The van der Waals surface area contributed by atoms with Gasteiger partial charge in [0.15, 0.2) is 0 Å². The molecule has 0 aliphatic carbocycles. The van der Waals surface area contributed by atoms with Crippen LogP contribution in [0.5, 0.6) is 0 Å². The number of aliphatic hydroxyl groups is 1. The maximum Gasteiger partial charge on any atom is 0.0495 e. The molecule has 0 spiro atoms. The minimum atomic E-state index is 0.330. The first kappa shape index (κ1) is 8.72. The van der Waals surface area contributed by atoms with Crippen LogP contribution in [0.25, 0.3) is 0 Å². The zero-order valence-electron chi connectivity index (χ0n) is 7.00. The number of nitrogens with zero attached hydrogens (tertiary/aromatic N) is 1. The highest BCUT2D eigenvalue weighted by molar-refractivity contribution is 5.58. The maximum absolute atomic E-state index is 8.56. The molecule has 1 rings (SSSR count). The lowest BCUT2D eigenvalue weighted by Crippen LogP contribution is -2.09. The molecule has 0 saturated carbocycles. The molecule has 1 N–H and O–H groups in total. The van der Waals surface area contributed by atoms with Crippen molar-refractivity contribution in [2.24, 2.45) is 4.99 Å². The van der Waals surface area contributed by atoms with Crippen LogP contribution in [0.3, 0.4) is 0 Å². The Morgan fingerprint density at radius 3 is 3.00 bits per heavy atom. The van der Waals surface area contributed by atoms with Gasteiger partial charge >= 0.3 is 0 Å². The van der Waals surface area contributed by atoms with Crippen molar-refractivity contribution in [1.29, 1.82) is 0 Å². The maximum atomic E-state index is 8.56. The standard InChI is InChI=1S/C9H17NO/c11-8-4-2-6-9-5-1-3-7-10-9/h7,9,11H,1-6,8H2. The average molecular weight is 155 g/mol. The van der Waals surface area contributed by atoms with E-state index >= 15 is 0 Å². The van der Waals surface area contributed by atoms with E-state index in [0.717, 1.165) is 25.7 Å². The zero-order valence-corrected chi connectivity index (χ0v) is 7.00. The smallest absolute Gasteiger partial charge is 0.0495 e. The molecular weight excluding hydrogens is 138 g/mol.